The number of halogens is 1. The fourth-order valence-corrected chi connectivity index (χ4v) is 6.07. The van der Waals surface area contributed by atoms with Gasteiger partial charge in [-0.05, 0) is 51.3 Å². The zero-order valence-corrected chi connectivity index (χ0v) is 24.3. The van der Waals surface area contributed by atoms with Crippen molar-refractivity contribution in [3.05, 3.63) is 58.3 Å². The van der Waals surface area contributed by atoms with Gasteiger partial charge in [0.1, 0.15) is 17.4 Å². The Labute approximate surface area is 247 Å². The first-order chi connectivity index (χ1) is 20.0. The number of phenols is 1. The third-order valence-electron chi connectivity index (χ3n) is 6.25. The van der Waals surface area contributed by atoms with Gasteiger partial charge in [-0.2, -0.15) is 15.5 Å². The molecule has 1 fully saturated rings. The third-order valence-corrected chi connectivity index (χ3v) is 8.12. The number of carbonyl (C=O) groups excluding carboxylic acids is 1. The van der Waals surface area contributed by atoms with Crippen molar-refractivity contribution < 1.29 is 19.4 Å². The zero-order valence-electron chi connectivity index (χ0n) is 21.8. The van der Waals surface area contributed by atoms with E-state index in [1.807, 2.05) is 12.1 Å². The van der Waals surface area contributed by atoms with Gasteiger partial charge >= 0.3 is 6.03 Å². The van der Waals surface area contributed by atoms with Crippen LogP contribution < -0.4 is 20.4 Å². The molecule has 0 bridgehead atoms. The van der Waals surface area contributed by atoms with Crippen LogP contribution in [-0.2, 0) is 11.2 Å². The Morgan fingerprint density at radius 1 is 1.34 bits per heavy atom. The molecule has 1 aliphatic rings. The molecule has 0 radical (unpaired) electrons. The molecule has 0 saturated carbocycles. The zero-order chi connectivity index (χ0) is 28.8. The van der Waals surface area contributed by atoms with E-state index in [0.717, 1.165) is 26.6 Å². The van der Waals surface area contributed by atoms with E-state index in [2.05, 4.69) is 57.9 Å². The van der Waals surface area contributed by atoms with Gasteiger partial charge in [-0.1, -0.05) is 12.1 Å². The van der Waals surface area contributed by atoms with Crippen molar-refractivity contribution in [2.75, 3.05) is 43.6 Å². The van der Waals surface area contributed by atoms with Crippen LogP contribution >= 0.6 is 27.3 Å². The number of phenolic OH excluding ortho intramolecular Hbond substituents is 1. The first-order valence-electron chi connectivity index (χ1n) is 12.5. The molecule has 0 unspecified atom stereocenters. The maximum Gasteiger partial charge on any atom is 0.339 e. The van der Waals surface area contributed by atoms with Crippen molar-refractivity contribution in [2.24, 2.45) is 5.10 Å². The minimum atomic E-state index is -0.510. The number of morpholine rings is 1. The van der Waals surface area contributed by atoms with Gasteiger partial charge in [0.2, 0.25) is 0 Å². The van der Waals surface area contributed by atoms with Crippen LogP contribution in [0, 0.1) is 11.3 Å². The van der Waals surface area contributed by atoms with E-state index in [-0.39, 0.29) is 5.75 Å². The summed E-state index contributed by atoms with van der Waals surface area (Å²) in [4.78, 5) is 19.7. The SMILES string of the molecule is COc1cc(C/C=N/NC(=O)Nc2ccc(-c3c(-c4ncn[nH]4)sc(N4CCOCC4)c3C#N)cc2)cc(Br)c1O. The lowest BCUT2D eigenvalue weighted by Gasteiger charge is -2.27. The number of hydrogen-bond donors (Lipinski definition) is 4. The predicted octanol–water partition coefficient (Wildman–Crippen LogP) is 4.74. The summed E-state index contributed by atoms with van der Waals surface area (Å²) in [7, 11) is 1.47. The highest BCUT2D eigenvalue weighted by Gasteiger charge is 2.26. The quantitative estimate of drug-likeness (QED) is 0.159. The summed E-state index contributed by atoms with van der Waals surface area (Å²) in [5.74, 6) is 0.941. The normalized spacial score (nSPS) is 13.2. The van der Waals surface area contributed by atoms with Gasteiger partial charge in [0, 0.05) is 37.0 Å². The molecule has 0 spiro atoms. The van der Waals surface area contributed by atoms with Crippen LogP contribution in [0.25, 0.3) is 21.8 Å². The van der Waals surface area contributed by atoms with Crippen molar-refractivity contribution in [3.8, 4) is 39.4 Å². The fourth-order valence-electron chi connectivity index (χ4n) is 4.30. The molecule has 14 heteroatoms. The topological polar surface area (TPSA) is 161 Å². The summed E-state index contributed by atoms with van der Waals surface area (Å²) in [5, 5.41) is 34.6. The number of hydrazone groups is 1. The highest BCUT2D eigenvalue weighted by atomic mass is 79.9. The summed E-state index contributed by atoms with van der Waals surface area (Å²) in [6, 6.07) is 12.5. The Morgan fingerprint density at radius 2 is 2.12 bits per heavy atom. The van der Waals surface area contributed by atoms with E-state index in [1.54, 1.807) is 24.3 Å². The van der Waals surface area contributed by atoms with Crippen molar-refractivity contribution in [3.63, 3.8) is 0 Å². The molecule has 3 heterocycles. The molecule has 2 amide bonds. The first kappa shape index (κ1) is 28.1. The third kappa shape index (κ3) is 6.32. The number of urea groups is 1. The molecule has 1 saturated heterocycles. The van der Waals surface area contributed by atoms with Crippen LogP contribution in [0.4, 0.5) is 15.5 Å². The number of nitrogens with one attached hydrogen (secondary N) is 3. The number of anilines is 2. The molecule has 1 aliphatic heterocycles. The van der Waals surface area contributed by atoms with Crippen LogP contribution in [0.1, 0.15) is 11.1 Å². The smallest absolute Gasteiger partial charge is 0.339 e. The van der Waals surface area contributed by atoms with Crippen LogP contribution in [0.15, 0.2) is 52.3 Å². The molecule has 41 heavy (non-hydrogen) atoms. The molecule has 5 rings (SSSR count). The lowest BCUT2D eigenvalue weighted by atomic mass is 10.0. The maximum atomic E-state index is 12.4. The number of H-pyrrole nitrogens is 1. The monoisotopic (exact) mass is 636 g/mol. The van der Waals surface area contributed by atoms with Crippen LogP contribution in [0.3, 0.4) is 0 Å². The minimum absolute atomic E-state index is 0.0197. The van der Waals surface area contributed by atoms with Gasteiger partial charge < -0.3 is 24.8 Å². The summed E-state index contributed by atoms with van der Waals surface area (Å²) in [6.07, 6.45) is 3.39. The number of aromatic nitrogens is 3. The van der Waals surface area contributed by atoms with Gasteiger partial charge in [-0.25, -0.2) is 15.2 Å². The molecule has 4 N–H and O–H groups in total. The molecular formula is C27H25BrN8O4S. The van der Waals surface area contributed by atoms with Crippen molar-refractivity contribution in [2.45, 2.75) is 6.42 Å². The summed E-state index contributed by atoms with van der Waals surface area (Å²) in [6.45, 7) is 2.61. The van der Waals surface area contributed by atoms with Gasteiger partial charge in [0.25, 0.3) is 0 Å². The second kappa shape index (κ2) is 12.8. The number of hydrogen-bond acceptors (Lipinski definition) is 10. The maximum absolute atomic E-state index is 12.4. The average molecular weight is 638 g/mol. The van der Waals surface area contributed by atoms with Crippen LogP contribution in [-0.4, -0.2) is 65.9 Å². The molecule has 0 aliphatic carbocycles. The number of methoxy groups -OCH3 is 1. The second-order valence-corrected chi connectivity index (χ2v) is 10.7. The largest absolute Gasteiger partial charge is 0.503 e. The van der Waals surface area contributed by atoms with Gasteiger partial charge in [0.15, 0.2) is 17.3 Å². The number of rotatable bonds is 8. The number of nitrogens with zero attached hydrogens (tertiary/aromatic N) is 5. The Morgan fingerprint density at radius 3 is 2.80 bits per heavy atom. The Balaban J connectivity index is 1.28. The number of ether oxygens (including phenoxy) is 2. The van der Waals surface area contributed by atoms with E-state index in [4.69, 9.17) is 9.47 Å². The summed E-state index contributed by atoms with van der Waals surface area (Å²) >= 11 is 4.78. The molecule has 0 atom stereocenters. The van der Waals surface area contributed by atoms with Crippen molar-refractivity contribution in [1.29, 1.82) is 5.26 Å². The predicted molar refractivity (Wildman–Crippen MR) is 160 cm³/mol. The second-order valence-electron chi connectivity index (χ2n) is 8.82. The molecule has 210 valence electrons. The molecule has 2 aromatic carbocycles. The van der Waals surface area contributed by atoms with Crippen molar-refractivity contribution in [1.82, 2.24) is 20.6 Å². The highest BCUT2D eigenvalue weighted by Crippen LogP contribution is 2.46. The lowest BCUT2D eigenvalue weighted by Crippen LogP contribution is -2.36. The first-order valence-corrected chi connectivity index (χ1v) is 14.1. The molecule has 2 aromatic heterocycles. The van der Waals surface area contributed by atoms with E-state index in [9.17, 15) is 15.2 Å². The Hall–Kier alpha value is -4.45. The van der Waals surface area contributed by atoms with Gasteiger partial charge in [-0.15, -0.1) is 11.3 Å². The number of aromatic hydroxyl groups is 1. The minimum Gasteiger partial charge on any atom is -0.503 e. The van der Waals surface area contributed by atoms with E-state index < -0.39 is 6.03 Å². The highest BCUT2D eigenvalue weighted by molar-refractivity contribution is 9.10. The van der Waals surface area contributed by atoms with E-state index in [1.165, 1.54) is 31.0 Å². The number of nitriles is 1. The van der Waals surface area contributed by atoms with Crippen molar-refractivity contribution >= 4 is 50.2 Å². The summed E-state index contributed by atoms with van der Waals surface area (Å²) in [5.41, 5.74) is 5.96. The molecule has 4 aromatic rings. The average Bonchev–Trinajstić information content (AvgIpc) is 3.66. The standard InChI is InChI=1S/C27H25BrN8O4S/c1-39-21-13-16(12-20(28)23(21)37)6-7-31-35-27(38)33-18-4-2-17(3-5-18)22-19(14-29)26(36-8-10-40-11-9-36)41-24(22)25-30-15-32-34-25/h2-5,7,12-13,15,37H,6,8-11H2,1H3,(H,30,32,34)(H2,33,35,38)/b31-7+. The lowest BCUT2D eigenvalue weighted by molar-refractivity contribution is 0.123. The Kier molecular flexibility index (Phi) is 8.78. The van der Waals surface area contributed by atoms with E-state index >= 15 is 0 Å². The molecule has 12 nitrogen and oxygen atoms in total. The fraction of sp³-hybridized carbons (Fsp3) is 0.222. The van der Waals surface area contributed by atoms with Crippen LogP contribution in [0.2, 0.25) is 0 Å². The van der Waals surface area contributed by atoms with Crippen LogP contribution in [0.5, 0.6) is 11.5 Å². The number of benzene rings is 2. The number of thiophene rings is 1. The van der Waals surface area contributed by atoms with Gasteiger partial charge in [0.05, 0.1) is 35.2 Å². The van der Waals surface area contributed by atoms with Gasteiger partial charge in [-0.3, -0.25) is 5.10 Å². The molecular weight excluding hydrogens is 612 g/mol. The Bertz CT molecular complexity index is 1590. The number of aromatic amines is 1. The summed E-state index contributed by atoms with van der Waals surface area (Å²) < 4.78 is 11.1. The number of amides is 2. The van der Waals surface area contributed by atoms with E-state index in [0.29, 0.717) is 60.0 Å². The number of carbonyl (C=O) groups is 1.